The molecule has 0 spiro atoms. The first kappa shape index (κ1) is 18.4. The fraction of sp³-hybridized carbons (Fsp3) is 0.800. The van der Waals surface area contributed by atoms with E-state index in [-0.39, 0.29) is 6.29 Å². The summed E-state index contributed by atoms with van der Waals surface area (Å²) in [5, 5.41) is 27.2. The van der Waals surface area contributed by atoms with Crippen LogP contribution in [0.3, 0.4) is 0 Å². The van der Waals surface area contributed by atoms with Gasteiger partial charge in [-0.05, 0) is 12.6 Å². The highest BCUT2D eigenvalue weighted by Crippen LogP contribution is 2.10. The second-order valence-electron chi connectivity index (χ2n) is 3.88. The zero-order valence-electron chi connectivity index (χ0n) is 10.4. The predicted molar refractivity (Wildman–Crippen MR) is 69.9 cm³/mol. The molecular formula is C10H21N2O6P. The summed E-state index contributed by atoms with van der Waals surface area (Å²) in [6, 6.07) is -0.917. The lowest BCUT2D eigenvalue weighted by Crippen LogP contribution is -2.45. The predicted octanol–water partition coefficient (Wildman–Crippen LogP) is -2.88. The molecule has 0 fully saturated rings. The molecule has 112 valence electrons. The molecular weight excluding hydrogens is 275 g/mol. The van der Waals surface area contributed by atoms with E-state index in [4.69, 9.17) is 26.4 Å². The molecule has 1 unspecified atom stereocenters. The van der Waals surface area contributed by atoms with Crippen LogP contribution in [0, 0.1) is 0 Å². The molecule has 8 nitrogen and oxygen atoms in total. The summed E-state index contributed by atoms with van der Waals surface area (Å²) < 4.78 is 4.70. The van der Waals surface area contributed by atoms with Crippen LogP contribution in [-0.2, 0) is 14.3 Å². The molecule has 0 aromatic rings. The minimum absolute atomic E-state index is 0.176. The molecule has 0 radical (unpaired) electrons. The number of rotatable bonds is 10. The lowest BCUT2D eigenvalue weighted by atomic mass is 10.1. The summed E-state index contributed by atoms with van der Waals surface area (Å²) in [5.41, 5.74) is 10.9. The van der Waals surface area contributed by atoms with Crippen LogP contribution in [0.1, 0.15) is 6.42 Å². The number of ether oxygens (including phenoxy) is 1. The standard InChI is InChI=1S/C10H21N2O6P/c11-5-19-2-1-6(12)10(17)18-8(4-14)9(16)7(15)3-13/h4,6-9,13,15-16,19H,1-3,5,11-12H2/t6-,7+,8-,9+/m0/s1. The Bertz CT molecular complexity index is 281. The van der Waals surface area contributed by atoms with Crippen molar-refractivity contribution in [2.75, 3.05) is 19.1 Å². The Labute approximate surface area is 112 Å². The largest absolute Gasteiger partial charge is 0.451 e. The van der Waals surface area contributed by atoms with Crippen molar-refractivity contribution < 1.29 is 29.6 Å². The van der Waals surface area contributed by atoms with Gasteiger partial charge in [-0.1, -0.05) is 0 Å². The van der Waals surface area contributed by atoms with Crippen molar-refractivity contribution in [3.8, 4) is 0 Å². The van der Waals surface area contributed by atoms with Gasteiger partial charge < -0.3 is 31.5 Å². The summed E-state index contributed by atoms with van der Waals surface area (Å²) in [6.45, 7) is -0.757. The van der Waals surface area contributed by atoms with Gasteiger partial charge in [0.05, 0.1) is 6.61 Å². The quantitative estimate of drug-likeness (QED) is 0.125. The van der Waals surface area contributed by atoms with Crippen LogP contribution in [0.15, 0.2) is 0 Å². The van der Waals surface area contributed by atoms with Crippen molar-refractivity contribution in [2.24, 2.45) is 11.5 Å². The molecule has 0 heterocycles. The number of aliphatic hydroxyl groups is 3. The first-order valence-corrected chi connectivity index (χ1v) is 7.18. The van der Waals surface area contributed by atoms with Gasteiger partial charge in [0.25, 0.3) is 0 Å². The topological polar surface area (TPSA) is 156 Å². The van der Waals surface area contributed by atoms with E-state index < -0.39 is 36.9 Å². The lowest BCUT2D eigenvalue weighted by Gasteiger charge is -2.22. The Kier molecular flexibility index (Phi) is 9.85. The zero-order chi connectivity index (χ0) is 14.8. The van der Waals surface area contributed by atoms with Crippen molar-refractivity contribution in [2.45, 2.75) is 30.8 Å². The minimum Gasteiger partial charge on any atom is -0.451 e. The highest BCUT2D eigenvalue weighted by atomic mass is 31.1. The summed E-state index contributed by atoms with van der Waals surface area (Å²) in [6.07, 6.45) is -3.10. The Morgan fingerprint density at radius 2 is 2.05 bits per heavy atom. The lowest BCUT2D eigenvalue weighted by molar-refractivity contribution is -0.165. The van der Waals surface area contributed by atoms with Gasteiger partial charge in [-0.2, -0.15) is 0 Å². The Hall–Kier alpha value is -0.630. The van der Waals surface area contributed by atoms with Crippen LogP contribution in [0.5, 0.6) is 0 Å². The van der Waals surface area contributed by atoms with E-state index in [9.17, 15) is 14.7 Å². The number of aldehydes is 1. The van der Waals surface area contributed by atoms with Crippen LogP contribution in [0.25, 0.3) is 0 Å². The molecule has 0 aliphatic carbocycles. The van der Waals surface area contributed by atoms with Gasteiger partial charge in [-0.3, -0.25) is 9.59 Å². The molecule has 0 aromatic heterocycles. The van der Waals surface area contributed by atoms with Crippen LogP contribution < -0.4 is 11.5 Å². The molecule has 0 aromatic carbocycles. The van der Waals surface area contributed by atoms with Crippen molar-refractivity contribution in [1.82, 2.24) is 0 Å². The van der Waals surface area contributed by atoms with Gasteiger partial charge in [0.1, 0.15) is 18.2 Å². The van der Waals surface area contributed by atoms with Gasteiger partial charge in [-0.15, -0.1) is 8.58 Å². The molecule has 0 saturated heterocycles. The van der Waals surface area contributed by atoms with E-state index in [0.29, 0.717) is 27.4 Å². The Morgan fingerprint density at radius 1 is 1.42 bits per heavy atom. The molecule has 0 aliphatic rings. The fourth-order valence-electron chi connectivity index (χ4n) is 1.20. The normalized spacial score (nSPS) is 17.9. The van der Waals surface area contributed by atoms with Gasteiger partial charge in [0.2, 0.25) is 0 Å². The van der Waals surface area contributed by atoms with E-state index in [2.05, 4.69) is 0 Å². The summed E-state index contributed by atoms with van der Waals surface area (Å²) in [7, 11) is 0.486. The molecule has 0 amide bonds. The molecule has 0 rings (SSSR count). The Balaban J connectivity index is 4.29. The third-order valence-electron chi connectivity index (χ3n) is 2.38. The van der Waals surface area contributed by atoms with Gasteiger partial charge in [0, 0.05) is 6.29 Å². The maximum atomic E-state index is 11.5. The minimum atomic E-state index is -1.69. The highest BCUT2D eigenvalue weighted by molar-refractivity contribution is 7.37. The molecule has 5 atom stereocenters. The van der Waals surface area contributed by atoms with Gasteiger partial charge in [0.15, 0.2) is 12.4 Å². The van der Waals surface area contributed by atoms with Gasteiger partial charge in [-0.25, -0.2) is 0 Å². The maximum Gasteiger partial charge on any atom is 0.323 e. The van der Waals surface area contributed by atoms with Crippen molar-refractivity contribution in [1.29, 1.82) is 0 Å². The third kappa shape index (κ3) is 6.91. The monoisotopic (exact) mass is 296 g/mol. The molecule has 7 N–H and O–H groups in total. The number of carbonyl (C=O) groups excluding carboxylic acids is 2. The number of hydrogen-bond donors (Lipinski definition) is 5. The van der Waals surface area contributed by atoms with E-state index in [1.165, 1.54) is 0 Å². The molecule has 19 heavy (non-hydrogen) atoms. The first-order chi connectivity index (χ1) is 8.97. The van der Waals surface area contributed by atoms with Crippen molar-refractivity contribution >= 4 is 20.8 Å². The third-order valence-corrected chi connectivity index (χ3v) is 3.31. The van der Waals surface area contributed by atoms with Crippen LogP contribution in [0.4, 0.5) is 0 Å². The highest BCUT2D eigenvalue weighted by Gasteiger charge is 2.30. The fourth-order valence-corrected chi connectivity index (χ4v) is 1.92. The summed E-state index contributed by atoms with van der Waals surface area (Å²) in [4.78, 5) is 22.2. The second-order valence-corrected chi connectivity index (χ2v) is 5.29. The number of carbonyl (C=O) groups is 2. The molecule has 0 saturated carbocycles. The van der Waals surface area contributed by atoms with E-state index in [1.807, 2.05) is 0 Å². The number of esters is 1. The van der Waals surface area contributed by atoms with E-state index >= 15 is 0 Å². The van der Waals surface area contributed by atoms with E-state index in [0.717, 1.165) is 0 Å². The summed E-state index contributed by atoms with van der Waals surface area (Å²) in [5.74, 6) is -0.844. The van der Waals surface area contributed by atoms with Gasteiger partial charge >= 0.3 is 5.97 Å². The molecule has 0 bridgehead atoms. The average molecular weight is 296 g/mol. The summed E-state index contributed by atoms with van der Waals surface area (Å²) >= 11 is 0. The van der Waals surface area contributed by atoms with E-state index in [1.54, 1.807) is 0 Å². The van der Waals surface area contributed by atoms with Crippen LogP contribution in [0.2, 0.25) is 0 Å². The smallest absolute Gasteiger partial charge is 0.323 e. The molecule has 0 aliphatic heterocycles. The first-order valence-electron chi connectivity index (χ1n) is 5.77. The average Bonchev–Trinajstić information content (AvgIpc) is 2.42. The van der Waals surface area contributed by atoms with Crippen molar-refractivity contribution in [3.63, 3.8) is 0 Å². The number of hydrogen-bond acceptors (Lipinski definition) is 8. The second kappa shape index (κ2) is 10.2. The van der Waals surface area contributed by atoms with Crippen LogP contribution >= 0.6 is 8.58 Å². The molecule has 9 heteroatoms. The maximum absolute atomic E-state index is 11.5. The SMILES string of the molecule is NCPCC[C@H](N)C(=O)O[C@@H](C=O)[C@H](O)[C@H](O)CO. The zero-order valence-corrected chi connectivity index (χ0v) is 11.4. The number of nitrogens with two attached hydrogens (primary N) is 2. The Morgan fingerprint density at radius 3 is 2.53 bits per heavy atom. The number of aliphatic hydroxyl groups excluding tert-OH is 3. The van der Waals surface area contributed by atoms with Crippen molar-refractivity contribution in [3.05, 3.63) is 0 Å². The van der Waals surface area contributed by atoms with Crippen LogP contribution in [-0.4, -0.2) is 71.0 Å².